The summed E-state index contributed by atoms with van der Waals surface area (Å²) < 4.78 is 49.0. The Hall–Kier alpha value is -0.630. The number of sulfone groups is 2. The third-order valence-corrected chi connectivity index (χ3v) is 7.92. The van der Waals surface area contributed by atoms with Crippen molar-refractivity contribution in [1.82, 2.24) is 5.32 Å². The van der Waals surface area contributed by atoms with Crippen LogP contribution in [0, 0.1) is 0 Å². The van der Waals surface area contributed by atoms with E-state index in [1.807, 2.05) is 6.92 Å². The van der Waals surface area contributed by atoms with Gasteiger partial charge in [-0.3, -0.25) is 0 Å². The average molecular weight is 352 g/mol. The third-order valence-electron chi connectivity index (χ3n) is 3.50. The molecule has 0 unspecified atom stereocenters. The van der Waals surface area contributed by atoms with Crippen molar-refractivity contribution in [3.05, 3.63) is 29.3 Å². The van der Waals surface area contributed by atoms with Gasteiger partial charge in [-0.05, 0) is 37.2 Å². The molecule has 1 aliphatic heterocycles. The van der Waals surface area contributed by atoms with Crippen LogP contribution in [0.4, 0.5) is 0 Å². The summed E-state index contributed by atoms with van der Waals surface area (Å²) >= 11 is 5.76. The highest BCUT2D eigenvalue weighted by atomic mass is 35.5. The molecule has 0 aromatic heterocycles. The lowest BCUT2D eigenvalue weighted by atomic mass is 10.2. The van der Waals surface area contributed by atoms with Crippen LogP contribution in [0.1, 0.15) is 13.3 Å². The fraction of sp³-hybridized carbons (Fsp3) is 0.538. The summed E-state index contributed by atoms with van der Waals surface area (Å²) in [6.45, 7) is 2.53. The van der Waals surface area contributed by atoms with Gasteiger partial charge in [-0.2, -0.15) is 0 Å². The molecule has 1 saturated heterocycles. The van der Waals surface area contributed by atoms with Crippen molar-refractivity contribution in [1.29, 1.82) is 0 Å². The molecular formula is C13H18ClNO4S2. The second-order valence-corrected chi connectivity index (χ2v) is 9.93. The van der Waals surface area contributed by atoms with Gasteiger partial charge in [0.1, 0.15) is 0 Å². The fourth-order valence-electron chi connectivity index (χ4n) is 2.44. The van der Waals surface area contributed by atoms with Crippen molar-refractivity contribution in [2.24, 2.45) is 0 Å². The predicted molar refractivity (Wildman–Crippen MR) is 83.2 cm³/mol. The minimum atomic E-state index is -3.71. The Morgan fingerprint density at radius 1 is 1.24 bits per heavy atom. The van der Waals surface area contributed by atoms with Crippen LogP contribution in [0.25, 0.3) is 0 Å². The maximum atomic E-state index is 12.7. The fourth-order valence-corrected chi connectivity index (χ4v) is 7.28. The average Bonchev–Trinajstić information content (AvgIpc) is 2.73. The Morgan fingerprint density at radius 2 is 1.86 bits per heavy atom. The summed E-state index contributed by atoms with van der Waals surface area (Å²) in [5, 5.41) is 2.53. The van der Waals surface area contributed by atoms with Crippen molar-refractivity contribution >= 4 is 31.3 Å². The van der Waals surface area contributed by atoms with Gasteiger partial charge >= 0.3 is 0 Å². The van der Waals surface area contributed by atoms with Gasteiger partial charge in [-0.15, -0.1) is 0 Å². The molecular weight excluding hydrogens is 334 g/mol. The smallest absolute Gasteiger partial charge is 0.183 e. The first kappa shape index (κ1) is 16.7. The Kier molecular flexibility index (Phi) is 4.97. The second kappa shape index (κ2) is 6.24. The van der Waals surface area contributed by atoms with E-state index in [1.165, 1.54) is 24.3 Å². The van der Waals surface area contributed by atoms with Crippen LogP contribution in [-0.4, -0.2) is 46.2 Å². The van der Waals surface area contributed by atoms with Crippen molar-refractivity contribution < 1.29 is 16.8 Å². The normalized spacial score (nSPS) is 25.0. The van der Waals surface area contributed by atoms with Crippen LogP contribution in [-0.2, 0) is 19.7 Å². The molecule has 0 aliphatic carbocycles. The number of hydrogen-bond acceptors (Lipinski definition) is 5. The van der Waals surface area contributed by atoms with Crippen LogP contribution >= 0.6 is 11.6 Å². The highest BCUT2D eigenvalue weighted by molar-refractivity contribution is 7.96. The molecule has 1 aromatic rings. The molecule has 1 N–H and O–H groups in total. The van der Waals surface area contributed by atoms with E-state index in [4.69, 9.17) is 11.6 Å². The first-order chi connectivity index (χ1) is 9.76. The van der Waals surface area contributed by atoms with Crippen LogP contribution in [0.2, 0.25) is 5.02 Å². The highest BCUT2D eigenvalue weighted by Gasteiger charge is 2.45. The SMILES string of the molecule is CCCN[C@@H]1CS(=O)(=O)C[C@H]1S(=O)(=O)c1ccc(Cl)cc1. The molecule has 0 amide bonds. The van der Waals surface area contributed by atoms with E-state index in [0.717, 1.165) is 6.42 Å². The molecule has 2 atom stereocenters. The molecule has 0 spiro atoms. The van der Waals surface area contributed by atoms with Gasteiger partial charge in [0.05, 0.1) is 21.7 Å². The van der Waals surface area contributed by atoms with E-state index in [-0.39, 0.29) is 16.4 Å². The number of rotatable bonds is 5. The first-order valence-electron chi connectivity index (χ1n) is 6.69. The zero-order valence-electron chi connectivity index (χ0n) is 11.6. The molecule has 1 aliphatic rings. The number of benzene rings is 1. The standard InChI is InChI=1S/C13H18ClNO4S2/c1-2-7-15-12-8-20(16,17)9-13(12)21(18,19)11-5-3-10(14)4-6-11/h3-6,12-13,15H,2,7-9H2,1H3/t12-,13-/m1/s1. The van der Waals surface area contributed by atoms with Gasteiger partial charge in [0.2, 0.25) is 0 Å². The van der Waals surface area contributed by atoms with E-state index < -0.39 is 31.0 Å². The van der Waals surface area contributed by atoms with E-state index in [9.17, 15) is 16.8 Å². The number of halogens is 1. The van der Waals surface area contributed by atoms with Crippen LogP contribution in [0.3, 0.4) is 0 Å². The van der Waals surface area contributed by atoms with E-state index in [1.54, 1.807) is 0 Å². The predicted octanol–water partition coefficient (Wildman–Crippen LogP) is 1.28. The molecule has 0 saturated carbocycles. The van der Waals surface area contributed by atoms with E-state index in [0.29, 0.717) is 11.6 Å². The topological polar surface area (TPSA) is 80.3 Å². The van der Waals surface area contributed by atoms with Crippen LogP contribution in [0.15, 0.2) is 29.2 Å². The van der Waals surface area contributed by atoms with Gasteiger partial charge < -0.3 is 5.32 Å². The van der Waals surface area contributed by atoms with E-state index in [2.05, 4.69) is 5.32 Å². The molecule has 1 fully saturated rings. The summed E-state index contributed by atoms with van der Waals surface area (Å²) in [5.41, 5.74) is 0. The summed E-state index contributed by atoms with van der Waals surface area (Å²) in [4.78, 5) is 0.109. The van der Waals surface area contributed by atoms with Crippen molar-refractivity contribution in [3.63, 3.8) is 0 Å². The summed E-state index contributed by atoms with van der Waals surface area (Å²) in [6.07, 6.45) is 0.810. The molecule has 1 aromatic carbocycles. The van der Waals surface area contributed by atoms with Gasteiger partial charge in [0.25, 0.3) is 0 Å². The summed E-state index contributed by atoms with van der Waals surface area (Å²) in [6, 6.07) is 5.26. The minimum absolute atomic E-state index is 0.109. The minimum Gasteiger partial charge on any atom is -0.312 e. The summed E-state index contributed by atoms with van der Waals surface area (Å²) in [7, 11) is -7.05. The third kappa shape index (κ3) is 3.77. The molecule has 0 radical (unpaired) electrons. The lowest BCUT2D eigenvalue weighted by Crippen LogP contribution is -2.43. The molecule has 8 heteroatoms. The zero-order valence-corrected chi connectivity index (χ0v) is 14.0. The maximum absolute atomic E-state index is 12.7. The van der Waals surface area contributed by atoms with Crippen molar-refractivity contribution in [2.75, 3.05) is 18.1 Å². The van der Waals surface area contributed by atoms with Crippen LogP contribution in [0.5, 0.6) is 0 Å². The highest BCUT2D eigenvalue weighted by Crippen LogP contribution is 2.26. The molecule has 5 nitrogen and oxygen atoms in total. The van der Waals surface area contributed by atoms with Crippen LogP contribution < -0.4 is 5.32 Å². The zero-order chi connectivity index (χ0) is 15.7. The van der Waals surface area contributed by atoms with Gasteiger partial charge in [-0.1, -0.05) is 18.5 Å². The van der Waals surface area contributed by atoms with Gasteiger partial charge in [0.15, 0.2) is 19.7 Å². The van der Waals surface area contributed by atoms with Gasteiger partial charge in [0, 0.05) is 11.1 Å². The molecule has 21 heavy (non-hydrogen) atoms. The largest absolute Gasteiger partial charge is 0.312 e. The van der Waals surface area contributed by atoms with Crippen molar-refractivity contribution in [3.8, 4) is 0 Å². The molecule has 2 rings (SSSR count). The quantitative estimate of drug-likeness (QED) is 0.864. The monoisotopic (exact) mass is 351 g/mol. The molecule has 1 heterocycles. The van der Waals surface area contributed by atoms with E-state index >= 15 is 0 Å². The Balaban J connectivity index is 2.34. The van der Waals surface area contributed by atoms with Crippen molar-refractivity contribution in [2.45, 2.75) is 29.5 Å². The Bertz CT molecular complexity index is 698. The Labute approximate surface area is 130 Å². The molecule has 118 valence electrons. The Morgan fingerprint density at radius 3 is 2.43 bits per heavy atom. The second-order valence-electron chi connectivity index (χ2n) is 5.17. The lowest BCUT2D eigenvalue weighted by Gasteiger charge is -2.19. The van der Waals surface area contributed by atoms with Gasteiger partial charge in [-0.25, -0.2) is 16.8 Å². The number of hydrogen-bond donors (Lipinski definition) is 1. The lowest BCUT2D eigenvalue weighted by molar-refractivity contribution is 0.525. The first-order valence-corrected chi connectivity index (χ1v) is 10.4. The maximum Gasteiger partial charge on any atom is 0.183 e. The summed E-state index contributed by atoms with van der Waals surface area (Å²) in [5.74, 6) is -0.468. The molecule has 0 bridgehead atoms. The number of nitrogens with one attached hydrogen (secondary N) is 1.